The number of hydrogen-bond acceptors (Lipinski definition) is 4. The van der Waals surface area contributed by atoms with Crippen LogP contribution in [0.4, 0.5) is 0 Å². The summed E-state index contributed by atoms with van der Waals surface area (Å²) < 4.78 is 9.98. The predicted octanol–water partition coefficient (Wildman–Crippen LogP) is 2.56. The highest BCUT2D eigenvalue weighted by atomic mass is 16.5. The Balaban J connectivity index is 1.73. The van der Waals surface area contributed by atoms with Crippen LogP contribution in [0.2, 0.25) is 0 Å². The fourth-order valence-electron chi connectivity index (χ4n) is 4.84. The molecule has 8 nitrogen and oxygen atoms in total. The molecule has 0 aliphatic carbocycles. The molecule has 2 aromatic carbocycles. The van der Waals surface area contributed by atoms with Crippen molar-refractivity contribution in [3.63, 3.8) is 0 Å². The van der Waals surface area contributed by atoms with Gasteiger partial charge in [0.05, 0.1) is 22.8 Å². The van der Waals surface area contributed by atoms with E-state index in [0.717, 1.165) is 39.4 Å². The molecule has 176 valence electrons. The van der Waals surface area contributed by atoms with Crippen molar-refractivity contribution in [3.8, 4) is 5.69 Å². The number of fused-ring (bicyclic) bond motifs is 3. The molecule has 1 N–H and O–H groups in total. The number of aryl methyl sites for hydroxylation is 3. The standard InChI is InChI=1S/C26H28N4O4/c1-16-6-4-7-18(12-16)30-25(32)24-23(20-13-17(2)9-10-21(20)28(24)3)29(26(30)33)15-22(31)27-14-19-8-5-11-34-19/h4,6-7,9-10,12-13,19H,5,8,11,14-15H2,1-3H3,(H,27,31). The highest BCUT2D eigenvalue weighted by Crippen LogP contribution is 2.26. The van der Waals surface area contributed by atoms with E-state index in [0.29, 0.717) is 29.9 Å². The van der Waals surface area contributed by atoms with Gasteiger partial charge < -0.3 is 14.6 Å². The largest absolute Gasteiger partial charge is 0.376 e. The van der Waals surface area contributed by atoms with Crippen LogP contribution in [0.25, 0.3) is 27.6 Å². The first-order valence-electron chi connectivity index (χ1n) is 11.5. The van der Waals surface area contributed by atoms with Crippen molar-refractivity contribution in [3.05, 3.63) is 74.4 Å². The molecular weight excluding hydrogens is 432 g/mol. The second-order valence-electron chi connectivity index (χ2n) is 9.06. The maximum absolute atomic E-state index is 13.8. The number of carbonyl (C=O) groups excluding carboxylic acids is 1. The number of hydrogen-bond donors (Lipinski definition) is 1. The van der Waals surface area contributed by atoms with E-state index in [1.165, 1.54) is 4.57 Å². The zero-order chi connectivity index (χ0) is 24.0. The lowest BCUT2D eigenvalue weighted by Gasteiger charge is -2.15. The van der Waals surface area contributed by atoms with Crippen molar-refractivity contribution in [2.24, 2.45) is 7.05 Å². The monoisotopic (exact) mass is 460 g/mol. The van der Waals surface area contributed by atoms with E-state index in [1.807, 2.05) is 51.2 Å². The summed E-state index contributed by atoms with van der Waals surface area (Å²) in [6.45, 7) is 4.79. The van der Waals surface area contributed by atoms with Gasteiger partial charge in [0.1, 0.15) is 12.1 Å². The van der Waals surface area contributed by atoms with E-state index in [1.54, 1.807) is 16.7 Å². The van der Waals surface area contributed by atoms with E-state index in [9.17, 15) is 14.4 Å². The summed E-state index contributed by atoms with van der Waals surface area (Å²) in [6.07, 6.45) is 1.89. The smallest absolute Gasteiger partial charge is 0.336 e. The van der Waals surface area contributed by atoms with Gasteiger partial charge in [-0.05, 0) is 56.5 Å². The number of nitrogens with one attached hydrogen (secondary N) is 1. The Morgan fingerprint density at radius 3 is 2.62 bits per heavy atom. The summed E-state index contributed by atoms with van der Waals surface area (Å²) in [5.41, 5.74) is 3.16. The number of carbonyl (C=O) groups is 1. The molecule has 8 heteroatoms. The summed E-state index contributed by atoms with van der Waals surface area (Å²) in [7, 11) is 1.81. The van der Waals surface area contributed by atoms with Crippen LogP contribution < -0.4 is 16.6 Å². The Kier molecular flexibility index (Phi) is 5.61. The Morgan fingerprint density at radius 1 is 1.09 bits per heavy atom. The van der Waals surface area contributed by atoms with Crippen molar-refractivity contribution in [2.75, 3.05) is 13.2 Å². The van der Waals surface area contributed by atoms with Crippen LogP contribution in [0, 0.1) is 13.8 Å². The van der Waals surface area contributed by atoms with Gasteiger partial charge in [0.25, 0.3) is 5.56 Å². The first-order valence-corrected chi connectivity index (χ1v) is 11.5. The third kappa shape index (κ3) is 3.74. The molecule has 1 saturated heterocycles. The lowest BCUT2D eigenvalue weighted by molar-refractivity contribution is -0.122. The molecule has 0 spiro atoms. The molecular formula is C26H28N4O4. The molecule has 1 atom stereocenters. The summed E-state index contributed by atoms with van der Waals surface area (Å²) >= 11 is 0. The molecule has 1 unspecified atom stereocenters. The van der Waals surface area contributed by atoms with Gasteiger partial charge in [0.2, 0.25) is 5.91 Å². The third-order valence-electron chi connectivity index (χ3n) is 6.54. The van der Waals surface area contributed by atoms with Crippen LogP contribution in [-0.2, 0) is 23.1 Å². The molecule has 4 aromatic rings. The number of rotatable bonds is 5. The molecule has 34 heavy (non-hydrogen) atoms. The first-order chi connectivity index (χ1) is 16.3. The van der Waals surface area contributed by atoms with Gasteiger partial charge >= 0.3 is 5.69 Å². The van der Waals surface area contributed by atoms with Crippen LogP contribution >= 0.6 is 0 Å². The lowest BCUT2D eigenvalue weighted by atomic mass is 10.1. The van der Waals surface area contributed by atoms with Gasteiger partial charge in [-0.3, -0.25) is 14.2 Å². The van der Waals surface area contributed by atoms with E-state index >= 15 is 0 Å². The topological polar surface area (TPSA) is 87.3 Å². The summed E-state index contributed by atoms with van der Waals surface area (Å²) in [6, 6.07) is 13.1. The van der Waals surface area contributed by atoms with Crippen LogP contribution in [0.3, 0.4) is 0 Å². The second kappa shape index (κ2) is 8.61. The summed E-state index contributed by atoms with van der Waals surface area (Å²) in [5, 5.41) is 3.67. The van der Waals surface area contributed by atoms with Crippen LogP contribution in [0.5, 0.6) is 0 Å². The maximum atomic E-state index is 13.8. The number of nitrogens with zero attached hydrogens (tertiary/aromatic N) is 3. The maximum Gasteiger partial charge on any atom is 0.336 e. The number of aromatic nitrogens is 3. The summed E-state index contributed by atoms with van der Waals surface area (Å²) in [4.78, 5) is 40.4. The third-order valence-corrected chi connectivity index (χ3v) is 6.54. The van der Waals surface area contributed by atoms with E-state index < -0.39 is 11.2 Å². The van der Waals surface area contributed by atoms with E-state index in [2.05, 4.69) is 5.32 Å². The fourth-order valence-corrected chi connectivity index (χ4v) is 4.84. The van der Waals surface area contributed by atoms with Gasteiger partial charge in [-0.2, -0.15) is 0 Å². The molecule has 2 aromatic heterocycles. The van der Waals surface area contributed by atoms with E-state index in [4.69, 9.17) is 4.74 Å². The SMILES string of the molecule is Cc1cccc(-n2c(=O)c3c(c4cc(C)ccc4n3C)n(CC(=O)NCC3CCCO3)c2=O)c1. The van der Waals surface area contributed by atoms with Gasteiger partial charge in [-0.1, -0.05) is 23.8 Å². The van der Waals surface area contributed by atoms with Gasteiger partial charge in [-0.25, -0.2) is 9.36 Å². The minimum absolute atomic E-state index is 0.00198. The Labute approximate surface area is 196 Å². The van der Waals surface area contributed by atoms with Crippen molar-refractivity contribution in [1.29, 1.82) is 0 Å². The zero-order valence-electron chi connectivity index (χ0n) is 19.6. The molecule has 1 fully saturated rings. The number of benzene rings is 2. The van der Waals surface area contributed by atoms with Crippen molar-refractivity contribution in [2.45, 2.75) is 39.3 Å². The van der Waals surface area contributed by atoms with Crippen molar-refractivity contribution >= 4 is 27.8 Å². The molecule has 3 heterocycles. The molecule has 1 aliphatic heterocycles. The molecule has 5 rings (SSSR count). The average molecular weight is 461 g/mol. The fraction of sp³-hybridized carbons (Fsp3) is 0.346. The predicted molar refractivity (Wildman–Crippen MR) is 132 cm³/mol. The normalized spacial score (nSPS) is 15.9. The van der Waals surface area contributed by atoms with E-state index in [-0.39, 0.29) is 18.6 Å². The minimum atomic E-state index is -0.538. The second-order valence-corrected chi connectivity index (χ2v) is 9.06. The van der Waals surface area contributed by atoms with Gasteiger partial charge in [0.15, 0.2) is 0 Å². The molecule has 0 saturated carbocycles. The summed E-state index contributed by atoms with van der Waals surface area (Å²) in [5.74, 6) is -0.294. The lowest BCUT2D eigenvalue weighted by Crippen LogP contribution is -2.43. The number of ether oxygens (including phenoxy) is 1. The Bertz CT molecular complexity index is 1540. The molecule has 0 radical (unpaired) electrons. The molecule has 1 amide bonds. The van der Waals surface area contributed by atoms with Gasteiger partial charge in [-0.15, -0.1) is 0 Å². The quantitative estimate of drug-likeness (QED) is 0.496. The highest BCUT2D eigenvalue weighted by Gasteiger charge is 2.23. The average Bonchev–Trinajstić information content (AvgIpc) is 3.42. The van der Waals surface area contributed by atoms with Crippen LogP contribution in [0.15, 0.2) is 52.1 Å². The molecule has 1 aliphatic rings. The van der Waals surface area contributed by atoms with Crippen molar-refractivity contribution < 1.29 is 9.53 Å². The molecule has 0 bridgehead atoms. The minimum Gasteiger partial charge on any atom is -0.376 e. The Hall–Kier alpha value is -3.65. The highest BCUT2D eigenvalue weighted by molar-refractivity contribution is 6.06. The number of amides is 1. The zero-order valence-corrected chi connectivity index (χ0v) is 19.6. The Morgan fingerprint density at radius 2 is 1.88 bits per heavy atom. The van der Waals surface area contributed by atoms with Gasteiger partial charge in [0, 0.05) is 25.6 Å². The van der Waals surface area contributed by atoms with Crippen LogP contribution in [-0.4, -0.2) is 38.9 Å². The van der Waals surface area contributed by atoms with Crippen molar-refractivity contribution in [1.82, 2.24) is 19.0 Å². The van der Waals surface area contributed by atoms with Crippen LogP contribution in [0.1, 0.15) is 24.0 Å². The first kappa shape index (κ1) is 22.2.